The van der Waals surface area contributed by atoms with Gasteiger partial charge in [-0.1, -0.05) is 23.4 Å². The van der Waals surface area contributed by atoms with Crippen molar-refractivity contribution < 1.29 is 9.47 Å². The molecule has 0 radical (unpaired) electrons. The number of benzene rings is 2. The molecule has 0 saturated heterocycles. The van der Waals surface area contributed by atoms with E-state index in [1.807, 2.05) is 60.0 Å². The zero-order chi connectivity index (χ0) is 20.5. The Morgan fingerprint density at radius 3 is 2.38 bits per heavy atom. The second kappa shape index (κ2) is 10.7. The second-order valence-electron chi connectivity index (χ2n) is 6.01. The van der Waals surface area contributed by atoms with E-state index in [9.17, 15) is 0 Å². The zero-order valence-corrected chi connectivity index (χ0v) is 17.6. The smallest absolute Gasteiger partial charge is 0.195 e. The summed E-state index contributed by atoms with van der Waals surface area (Å²) in [7, 11) is 0. The van der Waals surface area contributed by atoms with E-state index in [1.165, 1.54) is 0 Å². The molecule has 3 rings (SSSR count). The van der Waals surface area contributed by atoms with Gasteiger partial charge in [-0.3, -0.25) is 4.57 Å². The Kier molecular flexibility index (Phi) is 7.79. The fourth-order valence-corrected chi connectivity index (χ4v) is 3.63. The highest BCUT2D eigenvalue weighted by atomic mass is 35.5. The minimum atomic E-state index is 0.266. The molecule has 1 aromatic heterocycles. The molecule has 0 saturated carbocycles. The first-order valence-corrected chi connectivity index (χ1v) is 10.6. The molecule has 0 unspecified atom stereocenters. The van der Waals surface area contributed by atoms with E-state index in [0.29, 0.717) is 23.9 Å². The molecular formula is C21H21ClN4O2S. The van der Waals surface area contributed by atoms with E-state index in [1.54, 1.807) is 11.8 Å². The topological polar surface area (TPSA) is 73.0 Å². The molecule has 0 fully saturated rings. The Hall–Kier alpha value is -2.69. The number of hydrogen-bond acceptors (Lipinski definition) is 6. The molecule has 0 aliphatic carbocycles. The number of unbranched alkanes of at least 4 members (excludes halogenated alkanes) is 1. The molecule has 2 aromatic carbocycles. The first-order chi connectivity index (χ1) is 14.2. The van der Waals surface area contributed by atoms with Crippen LogP contribution in [-0.4, -0.2) is 27.1 Å². The van der Waals surface area contributed by atoms with E-state index in [2.05, 4.69) is 16.3 Å². The monoisotopic (exact) mass is 428 g/mol. The molecule has 0 amide bonds. The fraction of sp³-hybridized carbons (Fsp3) is 0.286. The summed E-state index contributed by atoms with van der Waals surface area (Å²) < 4.78 is 13.3. The predicted molar refractivity (Wildman–Crippen MR) is 114 cm³/mol. The van der Waals surface area contributed by atoms with Crippen LogP contribution in [0.3, 0.4) is 0 Å². The van der Waals surface area contributed by atoms with Crippen LogP contribution in [0.25, 0.3) is 5.69 Å². The molecule has 29 heavy (non-hydrogen) atoms. The third-order valence-corrected chi connectivity index (χ3v) is 5.22. The highest BCUT2D eigenvalue weighted by molar-refractivity contribution is 7.99. The van der Waals surface area contributed by atoms with Crippen LogP contribution < -0.4 is 9.47 Å². The van der Waals surface area contributed by atoms with Crippen LogP contribution in [0, 0.1) is 11.3 Å². The maximum atomic E-state index is 8.72. The Morgan fingerprint density at radius 1 is 1.03 bits per heavy atom. The number of halogens is 1. The molecule has 0 aliphatic heterocycles. The van der Waals surface area contributed by atoms with Crippen molar-refractivity contribution in [1.29, 1.82) is 5.26 Å². The van der Waals surface area contributed by atoms with Gasteiger partial charge in [0.15, 0.2) is 11.0 Å². The highest BCUT2D eigenvalue weighted by Crippen LogP contribution is 2.25. The van der Waals surface area contributed by atoms with E-state index < -0.39 is 0 Å². The van der Waals surface area contributed by atoms with E-state index in [-0.39, 0.29) is 6.61 Å². The summed E-state index contributed by atoms with van der Waals surface area (Å²) in [5.41, 5.74) is 0.910. The van der Waals surface area contributed by atoms with Gasteiger partial charge in [0.25, 0.3) is 0 Å². The van der Waals surface area contributed by atoms with Crippen molar-refractivity contribution in [2.45, 2.75) is 31.5 Å². The van der Waals surface area contributed by atoms with Crippen LogP contribution in [0.5, 0.6) is 11.5 Å². The second-order valence-corrected chi connectivity index (χ2v) is 7.51. The van der Waals surface area contributed by atoms with Gasteiger partial charge in [-0.05, 0) is 61.9 Å². The normalized spacial score (nSPS) is 10.5. The molecule has 150 valence electrons. The summed E-state index contributed by atoms with van der Waals surface area (Å²) in [5, 5.41) is 18.8. The van der Waals surface area contributed by atoms with Gasteiger partial charge in [-0.15, -0.1) is 10.2 Å². The molecule has 0 spiro atoms. The van der Waals surface area contributed by atoms with E-state index in [4.69, 9.17) is 26.3 Å². The molecule has 0 aliphatic rings. The van der Waals surface area contributed by atoms with Crippen LogP contribution in [-0.2, 0) is 6.61 Å². The van der Waals surface area contributed by atoms with Crippen molar-refractivity contribution in [3.8, 4) is 23.3 Å². The minimum Gasteiger partial charge on any atom is -0.494 e. The van der Waals surface area contributed by atoms with Gasteiger partial charge in [-0.2, -0.15) is 5.26 Å². The van der Waals surface area contributed by atoms with Crippen LogP contribution in [0.4, 0.5) is 0 Å². The standard InChI is InChI=1S/C21H21ClN4O2S/c1-2-27-18-9-11-19(12-10-18)28-15-20-24-25-21(29-14-4-3-13-23)26(20)17-7-5-16(22)6-8-17/h5-12H,2-4,14-15H2,1H3. The van der Waals surface area contributed by atoms with Gasteiger partial charge in [-0.25, -0.2) is 0 Å². The quantitative estimate of drug-likeness (QED) is 0.322. The Bertz CT molecular complexity index is 952. The van der Waals surface area contributed by atoms with Crippen molar-refractivity contribution in [2.24, 2.45) is 0 Å². The number of aromatic nitrogens is 3. The van der Waals surface area contributed by atoms with Gasteiger partial charge in [0.1, 0.15) is 18.1 Å². The van der Waals surface area contributed by atoms with Crippen molar-refractivity contribution in [2.75, 3.05) is 12.4 Å². The summed E-state index contributed by atoms with van der Waals surface area (Å²) in [6.07, 6.45) is 1.32. The number of rotatable bonds is 10. The molecule has 1 heterocycles. The number of nitrogens with zero attached hydrogens (tertiary/aromatic N) is 4. The number of hydrogen-bond donors (Lipinski definition) is 0. The largest absolute Gasteiger partial charge is 0.494 e. The highest BCUT2D eigenvalue weighted by Gasteiger charge is 2.15. The van der Waals surface area contributed by atoms with E-state index >= 15 is 0 Å². The van der Waals surface area contributed by atoms with Gasteiger partial charge in [0, 0.05) is 22.9 Å². The fourth-order valence-electron chi connectivity index (χ4n) is 2.60. The van der Waals surface area contributed by atoms with Gasteiger partial charge in [0.05, 0.1) is 12.7 Å². The lowest BCUT2D eigenvalue weighted by Crippen LogP contribution is -2.06. The van der Waals surface area contributed by atoms with Crippen LogP contribution in [0.15, 0.2) is 53.7 Å². The molecule has 0 bridgehead atoms. The van der Waals surface area contributed by atoms with Crippen LogP contribution in [0.1, 0.15) is 25.6 Å². The molecule has 6 nitrogen and oxygen atoms in total. The molecule has 8 heteroatoms. The van der Waals surface area contributed by atoms with Crippen molar-refractivity contribution in [1.82, 2.24) is 14.8 Å². The average Bonchev–Trinajstić information content (AvgIpc) is 3.14. The summed E-state index contributed by atoms with van der Waals surface area (Å²) in [4.78, 5) is 0. The van der Waals surface area contributed by atoms with Gasteiger partial charge < -0.3 is 9.47 Å². The van der Waals surface area contributed by atoms with Crippen LogP contribution >= 0.6 is 23.4 Å². The lowest BCUT2D eigenvalue weighted by molar-refractivity contribution is 0.291. The molecule has 0 atom stereocenters. The molecular weight excluding hydrogens is 408 g/mol. The van der Waals surface area contributed by atoms with Crippen molar-refractivity contribution >= 4 is 23.4 Å². The SMILES string of the molecule is CCOc1ccc(OCc2nnc(SCCCC#N)n2-c2ccc(Cl)cc2)cc1. The summed E-state index contributed by atoms with van der Waals surface area (Å²) in [6.45, 7) is 2.84. The maximum absolute atomic E-state index is 8.72. The Labute approximate surface area is 179 Å². The van der Waals surface area contributed by atoms with Gasteiger partial charge >= 0.3 is 0 Å². The van der Waals surface area contributed by atoms with Crippen molar-refractivity contribution in [3.63, 3.8) is 0 Å². The van der Waals surface area contributed by atoms with Gasteiger partial charge in [0.2, 0.25) is 0 Å². The number of thioether (sulfide) groups is 1. The lowest BCUT2D eigenvalue weighted by atomic mass is 10.3. The number of nitriles is 1. The molecule has 3 aromatic rings. The first-order valence-electron chi connectivity index (χ1n) is 9.27. The minimum absolute atomic E-state index is 0.266. The summed E-state index contributed by atoms with van der Waals surface area (Å²) in [5.74, 6) is 3.01. The third kappa shape index (κ3) is 5.89. The Morgan fingerprint density at radius 2 is 1.72 bits per heavy atom. The van der Waals surface area contributed by atoms with Crippen molar-refractivity contribution in [3.05, 3.63) is 59.4 Å². The Balaban J connectivity index is 1.77. The summed E-state index contributed by atoms with van der Waals surface area (Å²) in [6, 6.07) is 17.2. The maximum Gasteiger partial charge on any atom is 0.195 e. The third-order valence-electron chi connectivity index (χ3n) is 3.95. The lowest BCUT2D eigenvalue weighted by Gasteiger charge is -2.11. The zero-order valence-electron chi connectivity index (χ0n) is 16.0. The molecule has 0 N–H and O–H groups in total. The van der Waals surface area contributed by atoms with Crippen LogP contribution in [0.2, 0.25) is 5.02 Å². The first kappa shape index (κ1) is 21.0. The number of ether oxygens (including phenoxy) is 2. The summed E-state index contributed by atoms with van der Waals surface area (Å²) >= 11 is 7.61. The predicted octanol–water partition coefficient (Wildman–Crippen LogP) is 5.29. The average molecular weight is 429 g/mol. The van der Waals surface area contributed by atoms with E-state index in [0.717, 1.165) is 34.5 Å².